The molecule has 1 aliphatic rings. The lowest BCUT2D eigenvalue weighted by molar-refractivity contribution is 0.280. The Bertz CT molecular complexity index is 952. The van der Waals surface area contributed by atoms with Crippen LogP contribution in [0.2, 0.25) is 0 Å². The van der Waals surface area contributed by atoms with E-state index in [0.29, 0.717) is 5.92 Å². The number of hydrogen-bond donors (Lipinski definition) is 1. The average Bonchev–Trinajstić information content (AvgIpc) is 3.28. The van der Waals surface area contributed by atoms with E-state index >= 15 is 0 Å². The highest BCUT2D eigenvalue weighted by molar-refractivity contribution is 9.10. The first-order chi connectivity index (χ1) is 13.5. The van der Waals surface area contributed by atoms with Crippen molar-refractivity contribution < 1.29 is 0 Å². The molecule has 0 aliphatic carbocycles. The fraction of sp³-hybridized carbons (Fsp3) is 0.273. The maximum absolute atomic E-state index is 5.74. The molecule has 1 N–H and O–H groups in total. The zero-order valence-electron chi connectivity index (χ0n) is 15.9. The van der Waals surface area contributed by atoms with Crippen LogP contribution in [-0.4, -0.2) is 26.1 Å². The van der Waals surface area contributed by atoms with Gasteiger partial charge in [0.1, 0.15) is 0 Å². The molecule has 1 fully saturated rings. The van der Waals surface area contributed by atoms with Gasteiger partial charge in [0.2, 0.25) is 0 Å². The predicted molar refractivity (Wildman–Crippen MR) is 120 cm³/mol. The minimum absolute atomic E-state index is 0.0107. The van der Waals surface area contributed by atoms with Crippen LogP contribution in [0.4, 0.5) is 0 Å². The molecule has 2 aromatic heterocycles. The summed E-state index contributed by atoms with van der Waals surface area (Å²) < 4.78 is 3.32. The highest BCUT2D eigenvalue weighted by atomic mass is 79.9. The quantitative estimate of drug-likeness (QED) is 0.532. The molecular weight excluding hydrogens is 432 g/mol. The normalized spacial score (nSPS) is 19.3. The third-order valence-electron chi connectivity index (χ3n) is 4.95. The molecule has 0 amide bonds. The van der Waals surface area contributed by atoms with Crippen molar-refractivity contribution in [1.29, 1.82) is 0 Å². The fourth-order valence-electron chi connectivity index (χ4n) is 3.79. The first-order valence-electron chi connectivity index (χ1n) is 9.46. The second-order valence-electron chi connectivity index (χ2n) is 7.45. The van der Waals surface area contributed by atoms with Crippen LogP contribution in [0.3, 0.4) is 0 Å². The first kappa shape index (κ1) is 19.2. The van der Waals surface area contributed by atoms with Crippen molar-refractivity contribution in [3.8, 4) is 5.69 Å². The number of nitrogens with one attached hydrogen (secondary N) is 1. The van der Waals surface area contributed by atoms with Gasteiger partial charge < -0.3 is 14.8 Å². The molecule has 0 spiro atoms. The molecular formula is C22H23BrN4S. The SMILES string of the molecule is CC(C)CN1C(=S)N[C@H](c2ccccn2)[C@@H]1c1cccn1-c1ccc(Br)cc1. The Kier molecular flexibility index (Phi) is 5.51. The van der Waals surface area contributed by atoms with Gasteiger partial charge in [-0.15, -0.1) is 0 Å². The Labute approximate surface area is 179 Å². The van der Waals surface area contributed by atoms with E-state index in [1.165, 1.54) is 5.69 Å². The third kappa shape index (κ3) is 3.71. The Morgan fingerprint density at radius 3 is 2.57 bits per heavy atom. The average molecular weight is 455 g/mol. The maximum Gasteiger partial charge on any atom is 0.170 e. The highest BCUT2D eigenvalue weighted by Crippen LogP contribution is 2.39. The summed E-state index contributed by atoms with van der Waals surface area (Å²) in [6, 6.07) is 18.8. The molecule has 1 aromatic carbocycles. The van der Waals surface area contributed by atoms with Crippen LogP contribution in [-0.2, 0) is 0 Å². The monoisotopic (exact) mass is 454 g/mol. The summed E-state index contributed by atoms with van der Waals surface area (Å²) in [4.78, 5) is 6.93. The summed E-state index contributed by atoms with van der Waals surface area (Å²) in [6.45, 7) is 5.34. The molecule has 144 valence electrons. The van der Waals surface area contributed by atoms with E-state index < -0.39 is 0 Å². The van der Waals surface area contributed by atoms with E-state index in [2.05, 4.69) is 98.2 Å². The van der Waals surface area contributed by atoms with Crippen LogP contribution in [0.25, 0.3) is 5.69 Å². The van der Waals surface area contributed by atoms with Gasteiger partial charge in [0.15, 0.2) is 5.11 Å². The Morgan fingerprint density at radius 2 is 1.89 bits per heavy atom. The number of halogens is 1. The number of hydrogen-bond acceptors (Lipinski definition) is 2. The maximum atomic E-state index is 5.74. The summed E-state index contributed by atoms with van der Waals surface area (Å²) in [5.74, 6) is 0.501. The number of pyridine rings is 1. The number of rotatable bonds is 5. The molecule has 0 unspecified atom stereocenters. The molecule has 0 bridgehead atoms. The third-order valence-corrected chi connectivity index (χ3v) is 5.83. The van der Waals surface area contributed by atoms with E-state index in [1.807, 2.05) is 18.3 Å². The zero-order valence-corrected chi connectivity index (χ0v) is 18.3. The molecule has 0 radical (unpaired) electrons. The zero-order chi connectivity index (χ0) is 19.7. The van der Waals surface area contributed by atoms with Crippen molar-refractivity contribution in [2.24, 2.45) is 5.92 Å². The second-order valence-corrected chi connectivity index (χ2v) is 8.75. The molecule has 3 heterocycles. The smallest absolute Gasteiger partial charge is 0.170 e. The minimum Gasteiger partial charge on any atom is -0.352 e. The van der Waals surface area contributed by atoms with Gasteiger partial charge in [-0.1, -0.05) is 35.8 Å². The minimum atomic E-state index is 0.0107. The molecule has 4 rings (SSSR count). The van der Waals surface area contributed by atoms with Gasteiger partial charge in [-0.05, 0) is 66.7 Å². The summed E-state index contributed by atoms with van der Waals surface area (Å²) in [5, 5.41) is 4.32. The molecule has 2 atom stereocenters. The Hall–Kier alpha value is -2.18. The van der Waals surface area contributed by atoms with Crippen LogP contribution in [0.15, 0.2) is 71.5 Å². The molecule has 0 saturated carbocycles. The van der Waals surface area contributed by atoms with Crippen LogP contribution in [0.5, 0.6) is 0 Å². The number of benzene rings is 1. The summed E-state index contributed by atoms with van der Waals surface area (Å²) in [7, 11) is 0. The fourth-order valence-corrected chi connectivity index (χ4v) is 4.37. The first-order valence-corrected chi connectivity index (χ1v) is 10.7. The largest absolute Gasteiger partial charge is 0.352 e. The van der Waals surface area contributed by atoms with Crippen molar-refractivity contribution in [3.05, 3.63) is 82.9 Å². The molecule has 28 heavy (non-hydrogen) atoms. The second kappa shape index (κ2) is 8.05. The van der Waals surface area contributed by atoms with Gasteiger partial charge in [-0.3, -0.25) is 4.98 Å². The predicted octanol–water partition coefficient (Wildman–Crippen LogP) is 5.26. The van der Waals surface area contributed by atoms with Gasteiger partial charge in [-0.25, -0.2) is 0 Å². The van der Waals surface area contributed by atoms with Crippen LogP contribution < -0.4 is 5.32 Å². The molecule has 3 aromatic rings. The summed E-state index contributed by atoms with van der Waals surface area (Å²) in [5.41, 5.74) is 3.33. The van der Waals surface area contributed by atoms with Gasteiger partial charge in [0, 0.05) is 34.8 Å². The number of thiocarbonyl (C=S) groups is 1. The molecule has 1 saturated heterocycles. The van der Waals surface area contributed by atoms with Gasteiger partial charge >= 0.3 is 0 Å². The Balaban J connectivity index is 1.80. The molecule has 6 heteroatoms. The van der Waals surface area contributed by atoms with E-state index in [-0.39, 0.29) is 12.1 Å². The summed E-state index contributed by atoms with van der Waals surface area (Å²) in [6.07, 6.45) is 3.96. The molecule has 4 nitrogen and oxygen atoms in total. The van der Waals surface area contributed by atoms with Crippen molar-refractivity contribution in [1.82, 2.24) is 19.8 Å². The van der Waals surface area contributed by atoms with E-state index in [1.54, 1.807) is 0 Å². The van der Waals surface area contributed by atoms with Crippen molar-refractivity contribution >= 4 is 33.3 Å². The van der Waals surface area contributed by atoms with E-state index in [4.69, 9.17) is 12.2 Å². The number of aromatic nitrogens is 2. The van der Waals surface area contributed by atoms with Crippen LogP contribution in [0, 0.1) is 5.92 Å². The van der Waals surface area contributed by atoms with Gasteiger partial charge in [0.25, 0.3) is 0 Å². The van der Waals surface area contributed by atoms with Crippen LogP contribution >= 0.6 is 28.1 Å². The Morgan fingerprint density at radius 1 is 1.11 bits per heavy atom. The summed E-state index contributed by atoms with van der Waals surface area (Å²) >= 11 is 9.26. The van der Waals surface area contributed by atoms with Gasteiger partial charge in [0.05, 0.1) is 17.8 Å². The van der Waals surface area contributed by atoms with Crippen molar-refractivity contribution in [2.75, 3.05) is 6.54 Å². The number of nitrogens with zero attached hydrogens (tertiary/aromatic N) is 3. The van der Waals surface area contributed by atoms with Crippen LogP contribution in [0.1, 0.15) is 37.3 Å². The lowest BCUT2D eigenvalue weighted by Crippen LogP contribution is -2.33. The van der Waals surface area contributed by atoms with Crippen molar-refractivity contribution in [2.45, 2.75) is 25.9 Å². The standard InChI is InChI=1S/C22H23BrN4S/c1-15(2)14-27-21(20(25-22(27)28)18-6-3-4-12-24-18)19-7-5-13-26(19)17-10-8-16(23)9-11-17/h3-13,15,20-21H,14H2,1-2H3,(H,25,28)/t20-,21+/m1/s1. The lowest BCUT2D eigenvalue weighted by atomic mass is 10.0. The lowest BCUT2D eigenvalue weighted by Gasteiger charge is -2.30. The van der Waals surface area contributed by atoms with Crippen molar-refractivity contribution in [3.63, 3.8) is 0 Å². The van der Waals surface area contributed by atoms with E-state index in [0.717, 1.165) is 27.5 Å². The highest BCUT2D eigenvalue weighted by Gasteiger charge is 2.41. The van der Waals surface area contributed by atoms with E-state index in [9.17, 15) is 0 Å². The van der Waals surface area contributed by atoms with Gasteiger partial charge in [-0.2, -0.15) is 0 Å². The topological polar surface area (TPSA) is 33.1 Å². The molecule has 1 aliphatic heterocycles.